The van der Waals surface area contributed by atoms with E-state index < -0.39 is 11.7 Å². The van der Waals surface area contributed by atoms with Gasteiger partial charge in [0.05, 0.1) is 11.1 Å². The van der Waals surface area contributed by atoms with Gasteiger partial charge in [-0.1, -0.05) is 18.2 Å². The van der Waals surface area contributed by atoms with Crippen molar-refractivity contribution in [2.45, 2.75) is 13.1 Å². The smallest absolute Gasteiger partial charge is 0.340 e. The van der Waals surface area contributed by atoms with Crippen LogP contribution in [0.25, 0.3) is 0 Å². The fourth-order valence-electron chi connectivity index (χ4n) is 2.45. The molecule has 0 bridgehead atoms. The summed E-state index contributed by atoms with van der Waals surface area (Å²) in [5.41, 5.74) is 1.54. The minimum atomic E-state index is -4.41. The number of hydrogen-bond donors (Lipinski definition) is 2. The fourth-order valence-corrected chi connectivity index (χ4v) is 2.45. The van der Waals surface area contributed by atoms with Crippen LogP contribution in [0, 0.1) is 6.92 Å². The normalized spacial score (nSPS) is 11.1. The maximum absolute atomic E-state index is 12.8. The van der Waals surface area contributed by atoms with Crippen LogP contribution < -0.4 is 10.6 Å². The molecule has 138 valence electrons. The molecule has 0 fully saturated rings. The number of amides is 1. The first kappa shape index (κ1) is 18.4. The van der Waals surface area contributed by atoms with E-state index in [2.05, 4.69) is 15.6 Å². The Morgan fingerprint density at radius 1 is 0.963 bits per heavy atom. The predicted octanol–water partition coefficient (Wildman–Crippen LogP) is 5.40. The number of hydrogen-bond acceptors (Lipinski definition) is 3. The summed E-state index contributed by atoms with van der Waals surface area (Å²) >= 11 is 0. The van der Waals surface area contributed by atoms with Gasteiger partial charge in [0, 0.05) is 17.6 Å². The zero-order valence-electron chi connectivity index (χ0n) is 14.3. The molecule has 1 heterocycles. The number of aromatic nitrogens is 1. The minimum absolute atomic E-state index is 0.259. The molecule has 3 aromatic rings. The first-order valence-electron chi connectivity index (χ1n) is 8.09. The highest BCUT2D eigenvalue weighted by Gasteiger charge is 2.30. The van der Waals surface area contributed by atoms with Gasteiger partial charge in [0.25, 0.3) is 5.91 Å². The van der Waals surface area contributed by atoms with Gasteiger partial charge in [0.2, 0.25) is 0 Å². The Morgan fingerprint density at radius 3 is 2.37 bits per heavy atom. The third-order valence-corrected chi connectivity index (χ3v) is 3.76. The largest absolute Gasteiger partial charge is 0.416 e. The van der Waals surface area contributed by atoms with Gasteiger partial charge in [-0.05, 0) is 55.0 Å². The van der Waals surface area contributed by atoms with Crippen molar-refractivity contribution in [3.63, 3.8) is 0 Å². The molecule has 7 heteroatoms. The number of carbonyl (C=O) groups is 1. The van der Waals surface area contributed by atoms with Gasteiger partial charge < -0.3 is 10.6 Å². The molecule has 3 rings (SSSR count). The van der Waals surface area contributed by atoms with Crippen molar-refractivity contribution in [3.8, 4) is 0 Å². The lowest BCUT2D eigenvalue weighted by atomic mass is 10.2. The average Bonchev–Trinajstić information content (AvgIpc) is 2.62. The summed E-state index contributed by atoms with van der Waals surface area (Å²) < 4.78 is 38.3. The topological polar surface area (TPSA) is 54.0 Å². The van der Waals surface area contributed by atoms with E-state index in [0.717, 1.165) is 17.7 Å². The highest BCUT2D eigenvalue weighted by Crippen LogP contribution is 2.31. The van der Waals surface area contributed by atoms with Crippen LogP contribution in [0.1, 0.15) is 21.5 Å². The van der Waals surface area contributed by atoms with Crippen LogP contribution in [0.2, 0.25) is 0 Å². The number of benzene rings is 2. The fraction of sp³-hybridized carbons (Fsp3) is 0.100. The van der Waals surface area contributed by atoms with Crippen molar-refractivity contribution in [1.29, 1.82) is 0 Å². The summed E-state index contributed by atoms with van der Waals surface area (Å²) in [6.07, 6.45) is -3.05. The summed E-state index contributed by atoms with van der Waals surface area (Å²) in [5, 5.41) is 5.56. The van der Waals surface area contributed by atoms with Gasteiger partial charge in [0.1, 0.15) is 5.82 Å². The van der Waals surface area contributed by atoms with Gasteiger partial charge >= 0.3 is 6.18 Å². The zero-order valence-corrected chi connectivity index (χ0v) is 14.3. The Kier molecular flexibility index (Phi) is 5.12. The van der Waals surface area contributed by atoms with E-state index in [1.54, 1.807) is 12.1 Å². The molecule has 0 atom stereocenters. The molecular formula is C20H16F3N3O. The molecule has 0 radical (unpaired) electrons. The standard InChI is InChI=1S/C20H16F3N3O/c1-13-4-2-6-16(10-13)26-19(27)14-8-9-18(24-12-14)25-17-7-3-5-15(11-17)20(21,22)23/h2-12H,1H3,(H,24,25)(H,26,27). The number of nitrogens with one attached hydrogen (secondary N) is 2. The SMILES string of the molecule is Cc1cccc(NC(=O)c2ccc(Nc3cccc(C(F)(F)F)c3)nc2)c1. The van der Waals surface area contributed by atoms with Crippen molar-refractivity contribution in [1.82, 2.24) is 4.98 Å². The zero-order chi connectivity index (χ0) is 19.4. The highest BCUT2D eigenvalue weighted by molar-refractivity contribution is 6.04. The lowest BCUT2D eigenvalue weighted by molar-refractivity contribution is -0.137. The van der Waals surface area contributed by atoms with Gasteiger partial charge in [-0.25, -0.2) is 4.98 Å². The monoisotopic (exact) mass is 371 g/mol. The lowest BCUT2D eigenvalue weighted by Gasteiger charge is -2.10. The number of halogens is 3. The van der Waals surface area contributed by atoms with E-state index >= 15 is 0 Å². The molecular weight excluding hydrogens is 355 g/mol. The number of aryl methyl sites for hydroxylation is 1. The number of anilines is 3. The number of nitrogens with zero attached hydrogens (tertiary/aromatic N) is 1. The van der Waals surface area contributed by atoms with Crippen LogP contribution in [0.3, 0.4) is 0 Å². The summed E-state index contributed by atoms with van der Waals surface area (Å²) in [6.45, 7) is 1.92. The third kappa shape index (κ3) is 4.84. The van der Waals surface area contributed by atoms with Crippen LogP contribution in [-0.2, 0) is 6.18 Å². The van der Waals surface area contributed by atoms with Crippen LogP contribution >= 0.6 is 0 Å². The summed E-state index contributed by atoms with van der Waals surface area (Å²) in [5.74, 6) is 0.0140. The average molecular weight is 371 g/mol. The van der Waals surface area contributed by atoms with Gasteiger partial charge in [-0.3, -0.25) is 4.79 Å². The van der Waals surface area contributed by atoms with E-state index in [-0.39, 0.29) is 11.6 Å². The number of pyridine rings is 1. The molecule has 2 N–H and O–H groups in total. The van der Waals surface area contributed by atoms with Crippen molar-refractivity contribution < 1.29 is 18.0 Å². The third-order valence-electron chi connectivity index (χ3n) is 3.76. The van der Waals surface area contributed by atoms with Crippen molar-refractivity contribution in [2.75, 3.05) is 10.6 Å². The van der Waals surface area contributed by atoms with E-state index in [0.29, 0.717) is 17.1 Å². The molecule has 0 spiro atoms. The molecule has 0 aliphatic heterocycles. The first-order valence-corrected chi connectivity index (χ1v) is 8.09. The second-order valence-corrected chi connectivity index (χ2v) is 5.96. The maximum atomic E-state index is 12.8. The molecule has 4 nitrogen and oxygen atoms in total. The minimum Gasteiger partial charge on any atom is -0.340 e. The Labute approximate surface area is 154 Å². The summed E-state index contributed by atoms with van der Waals surface area (Å²) in [4.78, 5) is 16.3. The second kappa shape index (κ2) is 7.49. The summed E-state index contributed by atoms with van der Waals surface area (Å²) in [7, 11) is 0. The molecule has 0 saturated carbocycles. The first-order chi connectivity index (χ1) is 12.8. The van der Waals surface area contributed by atoms with Crippen LogP contribution in [0.5, 0.6) is 0 Å². The molecule has 0 aliphatic carbocycles. The quantitative estimate of drug-likeness (QED) is 0.645. The van der Waals surface area contributed by atoms with Crippen molar-refractivity contribution >= 4 is 23.1 Å². The van der Waals surface area contributed by atoms with Crippen LogP contribution in [0.4, 0.5) is 30.4 Å². The highest BCUT2D eigenvalue weighted by atomic mass is 19.4. The van der Waals surface area contributed by atoms with Crippen molar-refractivity contribution in [3.05, 3.63) is 83.6 Å². The van der Waals surface area contributed by atoms with Crippen LogP contribution in [0.15, 0.2) is 66.9 Å². The molecule has 27 heavy (non-hydrogen) atoms. The Bertz CT molecular complexity index is 953. The molecule has 0 aliphatic rings. The van der Waals surface area contributed by atoms with Gasteiger partial charge in [-0.2, -0.15) is 13.2 Å². The Hall–Kier alpha value is -3.35. The lowest BCUT2D eigenvalue weighted by Crippen LogP contribution is -2.12. The second-order valence-electron chi connectivity index (χ2n) is 5.96. The number of alkyl halides is 3. The van der Waals surface area contributed by atoms with Gasteiger partial charge in [-0.15, -0.1) is 0 Å². The maximum Gasteiger partial charge on any atom is 0.416 e. The van der Waals surface area contributed by atoms with E-state index in [4.69, 9.17) is 0 Å². The molecule has 0 unspecified atom stereocenters. The molecule has 1 aromatic heterocycles. The van der Waals surface area contributed by atoms with E-state index in [1.807, 2.05) is 25.1 Å². The number of carbonyl (C=O) groups excluding carboxylic acids is 1. The van der Waals surface area contributed by atoms with Crippen LogP contribution in [-0.4, -0.2) is 10.9 Å². The Balaban J connectivity index is 1.69. The van der Waals surface area contributed by atoms with E-state index in [1.165, 1.54) is 24.4 Å². The molecule has 2 aromatic carbocycles. The van der Waals surface area contributed by atoms with Crippen molar-refractivity contribution in [2.24, 2.45) is 0 Å². The number of rotatable bonds is 4. The summed E-state index contributed by atoms with van der Waals surface area (Å²) in [6, 6.07) is 15.3. The van der Waals surface area contributed by atoms with E-state index in [9.17, 15) is 18.0 Å². The Morgan fingerprint density at radius 2 is 1.70 bits per heavy atom. The molecule has 1 amide bonds. The molecule has 0 saturated heterocycles. The predicted molar refractivity (Wildman–Crippen MR) is 98.1 cm³/mol. The van der Waals surface area contributed by atoms with Gasteiger partial charge in [0.15, 0.2) is 0 Å².